The van der Waals surface area contributed by atoms with E-state index in [4.69, 9.17) is 28.5 Å². The molecule has 65 heavy (non-hydrogen) atoms. The summed E-state index contributed by atoms with van der Waals surface area (Å²) in [5.41, 5.74) is 0. The molecule has 0 spiro atoms. The van der Waals surface area contributed by atoms with E-state index in [-0.39, 0.29) is 25.2 Å². The molecular weight excluding hydrogens is 886 g/mol. The lowest BCUT2D eigenvalue weighted by atomic mass is 9.87. The molecule has 2 unspecified atom stereocenters. The molecule has 7 N–H and O–H groups in total. The molecule has 1 aliphatic heterocycles. The molecule has 1 rings (SSSR count). The fraction of sp³-hybridized carbons (Fsp3) is 0.870. The quantitative estimate of drug-likeness (QED) is 0.0131. The highest BCUT2D eigenvalue weighted by atomic mass is 31.2. The summed E-state index contributed by atoms with van der Waals surface area (Å²) in [4.78, 5) is 53.1. The van der Waals surface area contributed by atoms with E-state index in [1.165, 1.54) is 64.2 Å². The maximum atomic E-state index is 12.8. The molecule has 0 aromatic heterocycles. The second kappa shape index (κ2) is 37.3. The Bertz CT molecular complexity index is 1370. The molecule has 0 amide bonds. The molecule has 1 aliphatic rings. The Morgan fingerprint density at radius 2 is 1.25 bits per heavy atom. The van der Waals surface area contributed by atoms with E-state index in [0.29, 0.717) is 32.1 Å². The van der Waals surface area contributed by atoms with Crippen LogP contribution >= 0.6 is 15.6 Å². The van der Waals surface area contributed by atoms with Crippen LogP contribution in [0.15, 0.2) is 24.3 Å². The zero-order valence-electron chi connectivity index (χ0n) is 39.5. The maximum absolute atomic E-state index is 12.8. The maximum Gasteiger partial charge on any atom is 0.472 e. The molecule has 1 heterocycles. The van der Waals surface area contributed by atoms with Crippen molar-refractivity contribution in [2.45, 2.75) is 218 Å². The summed E-state index contributed by atoms with van der Waals surface area (Å²) in [6, 6.07) is 0. The number of esters is 2. The number of unbranched alkanes of at least 4 members (excludes halogenated alkanes) is 16. The van der Waals surface area contributed by atoms with Gasteiger partial charge in [0.25, 0.3) is 0 Å². The van der Waals surface area contributed by atoms with Gasteiger partial charge in [0.05, 0.1) is 38.1 Å². The molecule has 0 bridgehead atoms. The van der Waals surface area contributed by atoms with Gasteiger partial charge in [-0.25, -0.2) is 9.13 Å². The molecule has 382 valence electrons. The van der Waals surface area contributed by atoms with Crippen molar-refractivity contribution in [2.24, 2.45) is 11.8 Å². The van der Waals surface area contributed by atoms with Gasteiger partial charge in [-0.2, -0.15) is 0 Å². The Hall–Kier alpha value is -1.56. The Labute approximate surface area is 388 Å². The molecule has 19 heteroatoms. The zero-order chi connectivity index (χ0) is 48.4. The second-order valence-electron chi connectivity index (χ2n) is 17.7. The molecule has 1 saturated heterocycles. The monoisotopic (exact) mass is 973 g/mol. The van der Waals surface area contributed by atoms with E-state index >= 15 is 0 Å². The smallest absolute Gasteiger partial charge is 0.462 e. The van der Waals surface area contributed by atoms with Crippen molar-refractivity contribution in [3.05, 3.63) is 24.3 Å². The summed E-state index contributed by atoms with van der Waals surface area (Å²) in [6.45, 7) is 3.69. The van der Waals surface area contributed by atoms with Crippen LogP contribution < -0.4 is 0 Å². The van der Waals surface area contributed by atoms with Crippen LogP contribution in [0.5, 0.6) is 0 Å². The Balaban J connectivity index is 2.54. The average molecular weight is 973 g/mol. The van der Waals surface area contributed by atoms with E-state index < -0.39 is 90.8 Å². The lowest BCUT2D eigenvalue weighted by Crippen LogP contribution is -2.43. The third kappa shape index (κ3) is 36.1. The summed E-state index contributed by atoms with van der Waals surface area (Å²) in [5.74, 6) is -0.777. The van der Waals surface area contributed by atoms with Crippen molar-refractivity contribution in [3.63, 3.8) is 0 Å². The highest BCUT2D eigenvalue weighted by molar-refractivity contribution is 7.47. The van der Waals surface area contributed by atoms with E-state index in [9.17, 15) is 44.0 Å². The van der Waals surface area contributed by atoms with Crippen LogP contribution in [0.4, 0.5) is 0 Å². The van der Waals surface area contributed by atoms with Gasteiger partial charge in [0, 0.05) is 25.2 Å². The molecule has 1 fully saturated rings. The predicted octanol–water partition coefficient (Wildman–Crippen LogP) is 8.64. The number of aliphatic hydroxyl groups excluding tert-OH is 4. The number of phosphoric acid groups is 2. The minimum atomic E-state index is -4.90. The number of aliphatic hydroxyl groups is 4. The van der Waals surface area contributed by atoms with Gasteiger partial charge in [0.2, 0.25) is 0 Å². The average Bonchev–Trinajstić information content (AvgIpc) is 3.23. The number of carbonyl (C=O) groups excluding carboxylic acids is 2. The van der Waals surface area contributed by atoms with Crippen molar-refractivity contribution >= 4 is 27.6 Å². The van der Waals surface area contributed by atoms with Gasteiger partial charge in [-0.05, 0) is 38.0 Å². The molecule has 0 aliphatic carbocycles. The van der Waals surface area contributed by atoms with Crippen LogP contribution in [0.25, 0.3) is 0 Å². The third-order valence-corrected chi connectivity index (χ3v) is 12.5. The van der Waals surface area contributed by atoms with E-state index in [1.54, 1.807) is 12.2 Å². The van der Waals surface area contributed by atoms with Gasteiger partial charge in [-0.3, -0.25) is 23.2 Å². The number of carbonyl (C=O) groups is 2. The van der Waals surface area contributed by atoms with Crippen LogP contribution in [0.3, 0.4) is 0 Å². The van der Waals surface area contributed by atoms with Crippen molar-refractivity contribution < 1.29 is 81.6 Å². The van der Waals surface area contributed by atoms with E-state index in [1.807, 2.05) is 12.2 Å². The Morgan fingerprint density at radius 3 is 1.85 bits per heavy atom. The van der Waals surface area contributed by atoms with Gasteiger partial charge in [-0.1, -0.05) is 154 Å². The summed E-state index contributed by atoms with van der Waals surface area (Å²) in [5, 5.41) is 40.8. The van der Waals surface area contributed by atoms with Crippen LogP contribution in [0.2, 0.25) is 0 Å². The van der Waals surface area contributed by atoms with Gasteiger partial charge < -0.3 is 49.3 Å². The summed E-state index contributed by atoms with van der Waals surface area (Å²) < 4.78 is 53.6. The van der Waals surface area contributed by atoms with Crippen LogP contribution in [0.1, 0.15) is 181 Å². The summed E-state index contributed by atoms with van der Waals surface area (Å²) in [6.07, 6.45) is 23.6. The normalized spacial score (nSPS) is 20.6. The van der Waals surface area contributed by atoms with Crippen molar-refractivity contribution in [1.29, 1.82) is 0 Å². The van der Waals surface area contributed by atoms with Crippen molar-refractivity contribution in [3.8, 4) is 0 Å². The van der Waals surface area contributed by atoms with Gasteiger partial charge in [0.15, 0.2) is 12.4 Å². The van der Waals surface area contributed by atoms with Crippen molar-refractivity contribution in [2.75, 3.05) is 26.4 Å². The molecular formula is C46H86O17P2. The lowest BCUT2D eigenvalue weighted by molar-refractivity contribution is -0.199. The Kier molecular flexibility index (Phi) is 35.3. The Morgan fingerprint density at radius 1 is 0.692 bits per heavy atom. The van der Waals surface area contributed by atoms with E-state index in [2.05, 4.69) is 29.8 Å². The molecule has 17 nitrogen and oxygen atoms in total. The number of phosphoric ester groups is 2. The minimum absolute atomic E-state index is 0.00333. The fourth-order valence-corrected chi connectivity index (χ4v) is 8.43. The van der Waals surface area contributed by atoms with Crippen molar-refractivity contribution in [1.82, 2.24) is 0 Å². The highest BCUT2D eigenvalue weighted by Gasteiger charge is 2.35. The highest BCUT2D eigenvalue weighted by Crippen LogP contribution is 2.44. The number of ether oxygens (including phenoxy) is 3. The third-order valence-electron chi connectivity index (χ3n) is 11.1. The SMILES string of the molecule is CCCCC[C@H](O)/C=C/[C@H]1OC(O)C[C@H](O)[C@@H]1C/C=C\CCCC(=O)OC[C@H](COP(=O)(O)OC[C@@H](O)COP(=O)(O)O)OC(=O)CCCCCCCCCCCCCCCCC(C)C. The lowest BCUT2D eigenvalue weighted by Gasteiger charge is -2.36. The molecule has 0 aromatic rings. The first-order valence-electron chi connectivity index (χ1n) is 24.3. The second-order valence-corrected chi connectivity index (χ2v) is 20.4. The van der Waals surface area contributed by atoms with Gasteiger partial charge >= 0.3 is 27.6 Å². The number of hydrogen-bond donors (Lipinski definition) is 7. The van der Waals surface area contributed by atoms with Crippen LogP contribution in [0, 0.1) is 11.8 Å². The van der Waals surface area contributed by atoms with Crippen LogP contribution in [-0.4, -0.2) is 110 Å². The predicted molar refractivity (Wildman–Crippen MR) is 247 cm³/mol. The summed E-state index contributed by atoms with van der Waals surface area (Å²) >= 11 is 0. The zero-order valence-corrected chi connectivity index (χ0v) is 41.3. The van der Waals surface area contributed by atoms with E-state index in [0.717, 1.165) is 50.9 Å². The first-order chi connectivity index (χ1) is 30.9. The number of rotatable bonds is 41. The minimum Gasteiger partial charge on any atom is -0.462 e. The largest absolute Gasteiger partial charge is 0.472 e. The first kappa shape index (κ1) is 61.5. The topological polar surface area (TPSA) is 265 Å². The van der Waals surface area contributed by atoms with Gasteiger partial charge in [-0.15, -0.1) is 0 Å². The molecule has 0 radical (unpaired) electrons. The van der Waals surface area contributed by atoms with Gasteiger partial charge in [0.1, 0.15) is 12.7 Å². The van der Waals surface area contributed by atoms with Crippen LogP contribution in [-0.2, 0) is 46.5 Å². The number of allylic oxidation sites excluding steroid dienone is 2. The summed E-state index contributed by atoms with van der Waals surface area (Å²) in [7, 11) is -9.77. The molecule has 0 aromatic carbocycles. The molecule has 8 atom stereocenters. The first-order valence-corrected chi connectivity index (χ1v) is 27.3. The number of hydrogen-bond acceptors (Lipinski definition) is 14. The fourth-order valence-electron chi connectivity index (χ4n) is 7.28. The standard InChI is InChI=1S/C46H86O17P2/c1-4-5-20-26-38(47)30-31-43-41(42(49)32-46(52)63-43)27-22-18-19-23-28-44(50)58-35-40(36-61-65(56,57)60-34-39(48)33-59-64(53,54)55)62-45(51)29-24-17-15-13-11-9-7-6-8-10-12-14-16-21-25-37(2)3/h18,22,30-31,37-43,46-49,52H,4-17,19-21,23-29,32-36H2,1-3H3,(H,56,57)(H2,53,54,55)/b22-18-,31-30+/t38-,39-,40+,41-,42-,43+,46?/m0/s1. The molecule has 0 saturated carbocycles.